The van der Waals surface area contributed by atoms with Crippen LogP contribution in [0.1, 0.15) is 54.6 Å². The van der Waals surface area contributed by atoms with Gasteiger partial charge in [-0.2, -0.15) is 5.10 Å². The summed E-state index contributed by atoms with van der Waals surface area (Å²) in [6.45, 7) is 5.15. The number of methoxy groups -OCH3 is 1. The van der Waals surface area contributed by atoms with Gasteiger partial charge in [0.2, 0.25) is 5.88 Å². The Labute approximate surface area is 132 Å². The molecule has 22 heavy (non-hydrogen) atoms. The molecular weight excluding hydrogens is 274 g/mol. The second-order valence-electron chi connectivity index (χ2n) is 6.32. The monoisotopic (exact) mass is 299 g/mol. The summed E-state index contributed by atoms with van der Waals surface area (Å²) in [4.78, 5) is 0. The first-order chi connectivity index (χ1) is 10.6. The maximum Gasteiger partial charge on any atom is 0.216 e. The molecule has 0 unspecified atom stereocenters. The fraction of sp³-hybridized carbons (Fsp3) is 0.500. The van der Waals surface area contributed by atoms with Crippen LogP contribution in [-0.2, 0) is 20.0 Å². The van der Waals surface area contributed by atoms with Gasteiger partial charge in [-0.1, -0.05) is 38.1 Å². The minimum Gasteiger partial charge on any atom is -0.481 e. The van der Waals surface area contributed by atoms with Crippen LogP contribution in [0.5, 0.6) is 5.88 Å². The van der Waals surface area contributed by atoms with Crippen molar-refractivity contribution >= 4 is 0 Å². The van der Waals surface area contributed by atoms with Crippen molar-refractivity contribution in [2.75, 3.05) is 7.11 Å². The first kappa shape index (κ1) is 15.1. The molecule has 0 amide bonds. The maximum atomic E-state index is 5.55. The molecule has 1 aromatic heterocycles. The molecule has 0 bridgehead atoms. The molecule has 3 rings (SSSR count). The van der Waals surface area contributed by atoms with E-state index >= 15 is 0 Å². The van der Waals surface area contributed by atoms with E-state index in [0.717, 1.165) is 24.5 Å². The molecule has 1 atom stereocenters. The largest absolute Gasteiger partial charge is 0.481 e. The van der Waals surface area contributed by atoms with Gasteiger partial charge < -0.3 is 10.1 Å². The lowest BCUT2D eigenvalue weighted by molar-refractivity contribution is 0.366. The van der Waals surface area contributed by atoms with E-state index in [2.05, 4.69) is 48.5 Å². The Morgan fingerprint density at radius 1 is 1.36 bits per heavy atom. The lowest BCUT2D eigenvalue weighted by Crippen LogP contribution is -2.19. The summed E-state index contributed by atoms with van der Waals surface area (Å²) >= 11 is 0. The van der Waals surface area contributed by atoms with E-state index in [-0.39, 0.29) is 0 Å². The summed E-state index contributed by atoms with van der Waals surface area (Å²) in [6.07, 6.45) is 2.33. The summed E-state index contributed by atoms with van der Waals surface area (Å²) in [5.41, 5.74) is 5.22. The molecule has 0 saturated heterocycles. The van der Waals surface area contributed by atoms with Crippen LogP contribution in [0.2, 0.25) is 0 Å². The average molecular weight is 299 g/mol. The third kappa shape index (κ3) is 2.63. The van der Waals surface area contributed by atoms with Gasteiger partial charge in [0.25, 0.3) is 0 Å². The predicted molar refractivity (Wildman–Crippen MR) is 88.2 cm³/mol. The van der Waals surface area contributed by atoms with E-state index < -0.39 is 0 Å². The van der Waals surface area contributed by atoms with Crippen LogP contribution in [0.4, 0.5) is 0 Å². The van der Waals surface area contributed by atoms with Crippen molar-refractivity contribution in [3.63, 3.8) is 0 Å². The smallest absolute Gasteiger partial charge is 0.216 e. The fourth-order valence-corrected chi connectivity index (χ4v) is 3.45. The van der Waals surface area contributed by atoms with Gasteiger partial charge in [0.1, 0.15) is 0 Å². The highest BCUT2D eigenvalue weighted by Gasteiger charge is 2.24. The number of rotatable bonds is 5. The molecule has 1 N–H and O–H groups in total. The molecule has 1 aliphatic carbocycles. The number of hydrogen-bond acceptors (Lipinski definition) is 3. The number of aromatic nitrogens is 2. The van der Waals surface area contributed by atoms with Crippen molar-refractivity contribution in [1.29, 1.82) is 0 Å². The van der Waals surface area contributed by atoms with Crippen molar-refractivity contribution in [1.82, 2.24) is 15.1 Å². The lowest BCUT2D eigenvalue weighted by atomic mass is 10.0. The molecule has 0 fully saturated rings. The molecule has 0 spiro atoms. The number of benzene rings is 1. The topological polar surface area (TPSA) is 39.1 Å². The van der Waals surface area contributed by atoms with Crippen molar-refractivity contribution < 1.29 is 4.74 Å². The summed E-state index contributed by atoms with van der Waals surface area (Å²) in [5, 5.41) is 8.33. The summed E-state index contributed by atoms with van der Waals surface area (Å²) in [7, 11) is 3.66. The molecular formula is C18H25N3O. The minimum atomic E-state index is 0.391. The quantitative estimate of drug-likeness (QED) is 0.920. The Morgan fingerprint density at radius 3 is 2.86 bits per heavy atom. The van der Waals surface area contributed by atoms with Crippen molar-refractivity contribution in [3.05, 3.63) is 46.6 Å². The van der Waals surface area contributed by atoms with Crippen LogP contribution < -0.4 is 10.1 Å². The van der Waals surface area contributed by atoms with E-state index in [1.807, 2.05) is 11.7 Å². The molecule has 4 nitrogen and oxygen atoms in total. The van der Waals surface area contributed by atoms with Gasteiger partial charge in [0, 0.05) is 19.6 Å². The van der Waals surface area contributed by atoms with Gasteiger partial charge in [0.05, 0.1) is 18.4 Å². The molecule has 1 heterocycles. The second-order valence-corrected chi connectivity index (χ2v) is 6.32. The normalized spacial score (nSPS) is 17.0. The predicted octanol–water partition coefficient (Wildman–Crippen LogP) is 3.33. The Bertz CT molecular complexity index is 660. The highest BCUT2D eigenvalue weighted by molar-refractivity contribution is 5.36. The standard InChI is InChI=1S/C18H25N3O/c1-12(2)17-15(18(22-4)21(3)20-17)11-19-16-10-9-13-7-5-6-8-14(13)16/h5-8,12,16,19H,9-11H2,1-4H3/t16-/m0/s1. The number of fused-ring (bicyclic) bond motifs is 1. The van der Waals surface area contributed by atoms with Crippen LogP contribution in [0.15, 0.2) is 24.3 Å². The van der Waals surface area contributed by atoms with Gasteiger partial charge in [-0.15, -0.1) is 0 Å². The highest BCUT2D eigenvalue weighted by atomic mass is 16.5. The molecule has 4 heteroatoms. The van der Waals surface area contributed by atoms with Gasteiger partial charge >= 0.3 is 0 Å². The van der Waals surface area contributed by atoms with Crippen LogP contribution >= 0.6 is 0 Å². The van der Waals surface area contributed by atoms with Gasteiger partial charge in [-0.25, -0.2) is 4.68 Å². The summed E-state index contributed by atoms with van der Waals surface area (Å²) in [6, 6.07) is 9.16. The Balaban J connectivity index is 1.80. The third-order valence-electron chi connectivity index (χ3n) is 4.52. The zero-order valence-electron chi connectivity index (χ0n) is 13.9. The molecule has 0 saturated carbocycles. The zero-order chi connectivity index (χ0) is 15.7. The van der Waals surface area contributed by atoms with Gasteiger partial charge in [-0.05, 0) is 29.9 Å². The highest BCUT2D eigenvalue weighted by Crippen LogP contribution is 2.32. The Morgan fingerprint density at radius 2 is 2.14 bits per heavy atom. The average Bonchev–Trinajstić information content (AvgIpc) is 3.06. The van der Waals surface area contributed by atoms with E-state index in [1.54, 1.807) is 7.11 Å². The van der Waals surface area contributed by atoms with E-state index in [4.69, 9.17) is 4.74 Å². The van der Waals surface area contributed by atoms with Crippen molar-refractivity contribution in [2.24, 2.45) is 7.05 Å². The number of nitrogens with zero attached hydrogens (tertiary/aromatic N) is 2. The number of aryl methyl sites for hydroxylation is 2. The van der Waals surface area contributed by atoms with Crippen LogP contribution in [0.3, 0.4) is 0 Å². The molecule has 0 aliphatic heterocycles. The zero-order valence-corrected chi connectivity index (χ0v) is 13.9. The third-order valence-corrected chi connectivity index (χ3v) is 4.52. The molecule has 0 radical (unpaired) electrons. The van der Waals surface area contributed by atoms with E-state index in [0.29, 0.717) is 12.0 Å². The maximum absolute atomic E-state index is 5.55. The van der Waals surface area contributed by atoms with Crippen molar-refractivity contribution in [3.8, 4) is 5.88 Å². The Kier molecular flexibility index (Phi) is 4.21. The second kappa shape index (κ2) is 6.13. The number of ether oxygens (including phenoxy) is 1. The lowest BCUT2D eigenvalue weighted by Gasteiger charge is -2.15. The van der Waals surface area contributed by atoms with Gasteiger partial charge in [0.15, 0.2) is 0 Å². The van der Waals surface area contributed by atoms with Crippen LogP contribution in [0.25, 0.3) is 0 Å². The van der Waals surface area contributed by atoms with E-state index in [1.165, 1.54) is 23.1 Å². The molecule has 1 aliphatic rings. The van der Waals surface area contributed by atoms with Crippen LogP contribution in [-0.4, -0.2) is 16.9 Å². The molecule has 118 valence electrons. The number of hydrogen-bond donors (Lipinski definition) is 1. The molecule has 1 aromatic carbocycles. The first-order valence-corrected chi connectivity index (χ1v) is 8.02. The summed E-state index contributed by atoms with van der Waals surface area (Å²) in [5.74, 6) is 1.25. The number of nitrogens with one attached hydrogen (secondary N) is 1. The van der Waals surface area contributed by atoms with Gasteiger partial charge in [-0.3, -0.25) is 0 Å². The SMILES string of the molecule is COc1c(CN[C@H]2CCc3ccccc32)c(C(C)C)nn1C. The van der Waals surface area contributed by atoms with Crippen LogP contribution in [0, 0.1) is 0 Å². The van der Waals surface area contributed by atoms with E-state index in [9.17, 15) is 0 Å². The fourth-order valence-electron chi connectivity index (χ4n) is 3.45. The van der Waals surface area contributed by atoms with Crippen molar-refractivity contribution in [2.45, 2.75) is 45.2 Å². The summed E-state index contributed by atoms with van der Waals surface area (Å²) < 4.78 is 7.39. The first-order valence-electron chi connectivity index (χ1n) is 8.02. The molecule has 2 aromatic rings. The Hall–Kier alpha value is -1.81. The minimum absolute atomic E-state index is 0.391.